The van der Waals surface area contributed by atoms with E-state index in [0.717, 1.165) is 5.56 Å². The van der Waals surface area contributed by atoms with Crippen LogP contribution in [0, 0.1) is 0 Å². The van der Waals surface area contributed by atoms with Gasteiger partial charge in [-0.25, -0.2) is 13.6 Å². The van der Waals surface area contributed by atoms with E-state index < -0.39 is 10.0 Å². The number of benzene rings is 2. The minimum Gasteiger partial charge on any atom is -0.380 e. The van der Waals surface area contributed by atoms with E-state index in [1.165, 1.54) is 6.07 Å². The summed E-state index contributed by atoms with van der Waals surface area (Å²) in [6.07, 6.45) is 0.705. The first-order valence-electron chi connectivity index (χ1n) is 6.63. The molecule has 0 spiro atoms. The number of nitrogens with two attached hydrogens (primary N) is 2. The van der Waals surface area contributed by atoms with E-state index in [1.807, 2.05) is 30.3 Å². The highest BCUT2D eigenvalue weighted by atomic mass is 32.2. The van der Waals surface area contributed by atoms with Gasteiger partial charge in [0.25, 0.3) is 0 Å². The maximum atomic E-state index is 11.6. The van der Waals surface area contributed by atoms with Gasteiger partial charge in [-0.05, 0) is 24.1 Å². The Morgan fingerprint density at radius 3 is 2.24 bits per heavy atom. The maximum absolute atomic E-state index is 11.6. The van der Waals surface area contributed by atoms with Crippen LogP contribution in [-0.4, -0.2) is 21.0 Å². The number of anilines is 1. The van der Waals surface area contributed by atoms with Gasteiger partial charge in [-0.3, -0.25) is 0 Å². The lowest BCUT2D eigenvalue weighted by Crippen LogP contribution is -2.32. The highest BCUT2D eigenvalue weighted by Gasteiger charge is 2.16. The number of hydrogen-bond acceptors (Lipinski definition) is 4. The van der Waals surface area contributed by atoms with Gasteiger partial charge in [0.1, 0.15) is 4.90 Å². The molecule has 1 unspecified atom stereocenters. The van der Waals surface area contributed by atoms with Crippen LogP contribution in [0.1, 0.15) is 5.56 Å². The molecule has 0 bridgehead atoms. The second-order valence-electron chi connectivity index (χ2n) is 4.81. The van der Waals surface area contributed by atoms with E-state index in [0.29, 0.717) is 18.7 Å². The van der Waals surface area contributed by atoms with Crippen molar-refractivity contribution in [2.45, 2.75) is 17.4 Å². The topological polar surface area (TPSA) is 98.2 Å². The van der Waals surface area contributed by atoms with Crippen molar-refractivity contribution in [2.75, 3.05) is 11.9 Å². The summed E-state index contributed by atoms with van der Waals surface area (Å²) in [5.74, 6) is 0. The van der Waals surface area contributed by atoms with Crippen molar-refractivity contribution in [3.05, 3.63) is 60.2 Å². The molecule has 1 atom stereocenters. The van der Waals surface area contributed by atoms with Crippen LogP contribution in [0.5, 0.6) is 0 Å². The van der Waals surface area contributed by atoms with Crippen LogP contribution < -0.4 is 16.2 Å². The van der Waals surface area contributed by atoms with E-state index in [1.54, 1.807) is 18.2 Å². The van der Waals surface area contributed by atoms with Gasteiger partial charge in [0.05, 0.1) is 5.69 Å². The van der Waals surface area contributed by atoms with Gasteiger partial charge in [-0.1, -0.05) is 42.5 Å². The molecule has 0 fully saturated rings. The zero-order chi connectivity index (χ0) is 15.3. The first-order valence-corrected chi connectivity index (χ1v) is 8.17. The average Bonchev–Trinajstić information content (AvgIpc) is 2.47. The third-order valence-electron chi connectivity index (χ3n) is 3.16. The fourth-order valence-electron chi connectivity index (χ4n) is 2.15. The van der Waals surface area contributed by atoms with Gasteiger partial charge in [0.15, 0.2) is 0 Å². The summed E-state index contributed by atoms with van der Waals surface area (Å²) in [4.78, 5) is 0.0801. The predicted octanol–water partition coefficient (Wildman–Crippen LogP) is 1.32. The van der Waals surface area contributed by atoms with Crippen molar-refractivity contribution >= 4 is 15.7 Å². The Bertz CT molecular complexity index is 687. The molecular formula is C15H19N3O2S. The standard InChI is InChI=1S/C15H19N3O2S/c16-11-13(10-12-6-2-1-3-7-12)18-14-8-4-5-9-15(14)21(17,19)20/h1-9,13,18H,10-11,16H2,(H2,17,19,20). The number of nitrogens with one attached hydrogen (secondary N) is 1. The Morgan fingerprint density at radius 2 is 1.62 bits per heavy atom. The van der Waals surface area contributed by atoms with E-state index >= 15 is 0 Å². The molecule has 0 aromatic heterocycles. The molecule has 2 aromatic rings. The number of para-hydroxylation sites is 1. The van der Waals surface area contributed by atoms with Gasteiger partial charge in [0.2, 0.25) is 10.0 Å². The van der Waals surface area contributed by atoms with Crippen molar-refractivity contribution in [1.82, 2.24) is 0 Å². The highest BCUT2D eigenvalue weighted by molar-refractivity contribution is 7.89. The summed E-state index contributed by atoms with van der Waals surface area (Å²) >= 11 is 0. The molecule has 0 radical (unpaired) electrons. The summed E-state index contributed by atoms with van der Waals surface area (Å²) in [5, 5.41) is 8.40. The molecule has 6 heteroatoms. The summed E-state index contributed by atoms with van der Waals surface area (Å²) in [7, 11) is -3.76. The highest BCUT2D eigenvalue weighted by Crippen LogP contribution is 2.20. The van der Waals surface area contributed by atoms with Crippen molar-refractivity contribution < 1.29 is 8.42 Å². The molecule has 0 heterocycles. The summed E-state index contributed by atoms with van der Waals surface area (Å²) in [5.41, 5.74) is 7.40. The Hall–Kier alpha value is -1.89. The molecule has 0 saturated carbocycles. The van der Waals surface area contributed by atoms with E-state index in [-0.39, 0.29) is 10.9 Å². The normalized spacial score (nSPS) is 12.9. The number of sulfonamides is 1. The Balaban J connectivity index is 2.20. The molecule has 5 N–H and O–H groups in total. The van der Waals surface area contributed by atoms with Gasteiger partial charge in [0, 0.05) is 12.6 Å². The van der Waals surface area contributed by atoms with E-state index in [9.17, 15) is 8.42 Å². The van der Waals surface area contributed by atoms with E-state index in [4.69, 9.17) is 10.9 Å². The van der Waals surface area contributed by atoms with Crippen LogP contribution in [0.4, 0.5) is 5.69 Å². The van der Waals surface area contributed by atoms with Gasteiger partial charge < -0.3 is 11.1 Å². The largest absolute Gasteiger partial charge is 0.380 e. The van der Waals surface area contributed by atoms with Crippen LogP contribution in [0.15, 0.2) is 59.5 Å². The van der Waals surface area contributed by atoms with Crippen LogP contribution in [0.2, 0.25) is 0 Å². The zero-order valence-corrected chi connectivity index (χ0v) is 12.4. The fourth-order valence-corrected chi connectivity index (χ4v) is 2.85. The van der Waals surface area contributed by atoms with Crippen molar-refractivity contribution in [3.8, 4) is 0 Å². The summed E-state index contributed by atoms with van der Waals surface area (Å²) in [6.45, 7) is 0.383. The maximum Gasteiger partial charge on any atom is 0.240 e. The van der Waals surface area contributed by atoms with Crippen molar-refractivity contribution in [3.63, 3.8) is 0 Å². The molecule has 21 heavy (non-hydrogen) atoms. The van der Waals surface area contributed by atoms with Crippen molar-refractivity contribution in [1.29, 1.82) is 0 Å². The molecule has 0 saturated heterocycles. The monoisotopic (exact) mass is 305 g/mol. The SMILES string of the molecule is NCC(Cc1ccccc1)Nc1ccccc1S(N)(=O)=O. The molecule has 2 aromatic carbocycles. The fraction of sp³-hybridized carbons (Fsp3) is 0.200. The second kappa shape index (κ2) is 6.71. The van der Waals surface area contributed by atoms with Crippen LogP contribution in [0.25, 0.3) is 0 Å². The van der Waals surface area contributed by atoms with Crippen molar-refractivity contribution in [2.24, 2.45) is 10.9 Å². The van der Waals surface area contributed by atoms with Gasteiger partial charge in [-0.15, -0.1) is 0 Å². The third kappa shape index (κ3) is 4.29. The van der Waals surface area contributed by atoms with Gasteiger partial charge in [-0.2, -0.15) is 0 Å². The molecule has 0 amide bonds. The number of rotatable bonds is 6. The molecule has 2 rings (SSSR count). The first-order chi connectivity index (χ1) is 10.0. The number of primary sulfonamides is 1. The summed E-state index contributed by atoms with van der Waals surface area (Å²) in [6, 6.07) is 16.4. The van der Waals surface area contributed by atoms with Crippen LogP contribution in [0.3, 0.4) is 0 Å². The van der Waals surface area contributed by atoms with E-state index in [2.05, 4.69) is 5.32 Å². The predicted molar refractivity (Wildman–Crippen MR) is 84.4 cm³/mol. The lowest BCUT2D eigenvalue weighted by molar-refractivity contribution is 0.597. The molecule has 0 aliphatic rings. The molecule has 5 nitrogen and oxygen atoms in total. The van der Waals surface area contributed by atoms with Crippen LogP contribution in [-0.2, 0) is 16.4 Å². The Kier molecular flexibility index (Phi) is 4.95. The lowest BCUT2D eigenvalue weighted by Gasteiger charge is -2.20. The lowest BCUT2D eigenvalue weighted by atomic mass is 10.1. The number of hydrogen-bond donors (Lipinski definition) is 3. The quantitative estimate of drug-likeness (QED) is 0.749. The minimum absolute atomic E-state index is 0.0738. The Morgan fingerprint density at radius 1 is 1.00 bits per heavy atom. The smallest absolute Gasteiger partial charge is 0.240 e. The molecule has 0 aliphatic carbocycles. The molecular weight excluding hydrogens is 286 g/mol. The molecule has 112 valence electrons. The minimum atomic E-state index is -3.76. The molecule has 0 aliphatic heterocycles. The van der Waals surface area contributed by atoms with Crippen LogP contribution >= 0.6 is 0 Å². The Labute approximate surface area is 125 Å². The zero-order valence-electron chi connectivity index (χ0n) is 11.6. The van der Waals surface area contributed by atoms with Gasteiger partial charge >= 0.3 is 0 Å². The average molecular weight is 305 g/mol. The second-order valence-corrected chi connectivity index (χ2v) is 6.34. The summed E-state index contributed by atoms with van der Waals surface area (Å²) < 4.78 is 23.2. The first kappa shape index (κ1) is 15.5. The third-order valence-corrected chi connectivity index (χ3v) is 4.13.